The van der Waals surface area contributed by atoms with Crippen LogP contribution in [0.1, 0.15) is 0 Å². The van der Waals surface area contributed by atoms with Crippen molar-refractivity contribution in [1.29, 1.82) is 0 Å². The van der Waals surface area contributed by atoms with Crippen LogP contribution in [0.3, 0.4) is 0 Å². The number of ether oxygens (including phenoxy) is 1. The van der Waals surface area contributed by atoms with Gasteiger partial charge in [0.1, 0.15) is 11.6 Å². The highest BCUT2D eigenvalue weighted by molar-refractivity contribution is 7.80. The summed E-state index contributed by atoms with van der Waals surface area (Å²) in [5, 5.41) is 5.58. The van der Waals surface area contributed by atoms with E-state index in [0.29, 0.717) is 0 Å². The van der Waals surface area contributed by atoms with Crippen LogP contribution in [0.25, 0.3) is 0 Å². The first-order chi connectivity index (χ1) is 10.7. The highest BCUT2D eigenvalue weighted by atomic mass is 35.5. The van der Waals surface area contributed by atoms with Crippen molar-refractivity contribution in [2.75, 3.05) is 10.6 Å². The van der Waals surface area contributed by atoms with Crippen LogP contribution in [0.2, 0.25) is 5.02 Å². The molecule has 0 radical (unpaired) electrons. The minimum Gasteiger partial charge on any atom is -0.406 e. The van der Waals surface area contributed by atoms with E-state index >= 15 is 0 Å². The molecule has 122 valence electrons. The molecule has 9 heteroatoms. The molecule has 0 aliphatic carbocycles. The summed E-state index contributed by atoms with van der Waals surface area (Å²) >= 11 is 10.9. The maximum atomic E-state index is 13.1. The van der Waals surface area contributed by atoms with Crippen molar-refractivity contribution in [3.8, 4) is 5.75 Å². The Kier molecular flexibility index (Phi) is 5.27. The van der Waals surface area contributed by atoms with E-state index in [1.807, 2.05) is 0 Å². The van der Waals surface area contributed by atoms with Crippen LogP contribution in [-0.2, 0) is 0 Å². The zero-order chi connectivity index (χ0) is 17.0. The highest BCUT2D eigenvalue weighted by Crippen LogP contribution is 2.26. The van der Waals surface area contributed by atoms with Gasteiger partial charge in [0.05, 0.1) is 10.7 Å². The lowest BCUT2D eigenvalue weighted by molar-refractivity contribution is -0.274. The van der Waals surface area contributed by atoms with Gasteiger partial charge < -0.3 is 15.4 Å². The largest absolute Gasteiger partial charge is 0.573 e. The van der Waals surface area contributed by atoms with E-state index < -0.39 is 17.9 Å². The summed E-state index contributed by atoms with van der Waals surface area (Å²) in [5.41, 5.74) is 0.489. The molecule has 0 spiro atoms. The zero-order valence-electron chi connectivity index (χ0n) is 11.2. The molecule has 0 bridgehead atoms. The third-order valence-corrected chi connectivity index (χ3v) is 3.04. The third kappa shape index (κ3) is 5.57. The second-order valence-corrected chi connectivity index (χ2v) is 5.09. The van der Waals surface area contributed by atoms with Gasteiger partial charge in [0.15, 0.2) is 5.11 Å². The van der Waals surface area contributed by atoms with Crippen molar-refractivity contribution in [2.45, 2.75) is 6.36 Å². The van der Waals surface area contributed by atoms with Crippen LogP contribution in [0.5, 0.6) is 5.75 Å². The number of hydrogen-bond acceptors (Lipinski definition) is 2. The van der Waals surface area contributed by atoms with Gasteiger partial charge in [0, 0.05) is 11.8 Å². The number of nitrogens with one attached hydrogen (secondary N) is 2. The molecule has 3 nitrogen and oxygen atoms in total. The fourth-order valence-corrected chi connectivity index (χ4v) is 2.04. The summed E-state index contributed by atoms with van der Waals surface area (Å²) in [6, 6.07) is 8.79. The Morgan fingerprint density at radius 3 is 2.52 bits per heavy atom. The van der Waals surface area contributed by atoms with Crippen molar-refractivity contribution in [2.24, 2.45) is 0 Å². The molecule has 2 N–H and O–H groups in total. The summed E-state index contributed by atoms with van der Waals surface area (Å²) in [4.78, 5) is 0. The third-order valence-electron chi connectivity index (χ3n) is 2.50. The van der Waals surface area contributed by atoms with Gasteiger partial charge in [-0.3, -0.25) is 0 Å². The molecule has 2 aromatic rings. The average molecular weight is 365 g/mol. The van der Waals surface area contributed by atoms with E-state index in [1.165, 1.54) is 24.3 Å². The van der Waals surface area contributed by atoms with Gasteiger partial charge in [-0.25, -0.2) is 4.39 Å². The van der Waals surface area contributed by atoms with Crippen LogP contribution >= 0.6 is 23.8 Å². The Bertz CT molecular complexity index is 724. The van der Waals surface area contributed by atoms with Gasteiger partial charge in [-0.05, 0) is 42.5 Å². The van der Waals surface area contributed by atoms with Gasteiger partial charge in [-0.1, -0.05) is 17.7 Å². The molecular formula is C14H9ClF4N2OS. The molecule has 0 unspecified atom stereocenters. The SMILES string of the molecule is Fc1ccc(Cl)c(NC(=S)Nc2cccc(OC(F)(F)F)c2)c1. The summed E-state index contributed by atoms with van der Waals surface area (Å²) in [6.07, 6.45) is -4.79. The number of anilines is 2. The fraction of sp³-hybridized carbons (Fsp3) is 0.0714. The lowest BCUT2D eigenvalue weighted by Gasteiger charge is -2.13. The smallest absolute Gasteiger partial charge is 0.406 e. The van der Waals surface area contributed by atoms with Crippen LogP contribution in [0.4, 0.5) is 28.9 Å². The Morgan fingerprint density at radius 2 is 1.83 bits per heavy atom. The molecular weight excluding hydrogens is 356 g/mol. The summed E-state index contributed by atoms with van der Waals surface area (Å²) in [7, 11) is 0. The van der Waals surface area contributed by atoms with Crippen LogP contribution in [-0.4, -0.2) is 11.5 Å². The first-order valence-electron chi connectivity index (χ1n) is 6.12. The summed E-state index contributed by atoms with van der Waals surface area (Å²) in [6.45, 7) is 0. The van der Waals surface area contributed by atoms with Crippen LogP contribution in [0.15, 0.2) is 42.5 Å². The van der Waals surface area contributed by atoms with E-state index in [-0.39, 0.29) is 21.5 Å². The van der Waals surface area contributed by atoms with Crippen molar-refractivity contribution < 1.29 is 22.3 Å². The monoisotopic (exact) mass is 364 g/mol. The first kappa shape index (κ1) is 17.3. The zero-order valence-corrected chi connectivity index (χ0v) is 12.8. The van der Waals surface area contributed by atoms with Crippen molar-refractivity contribution in [3.63, 3.8) is 0 Å². The fourth-order valence-electron chi connectivity index (χ4n) is 1.65. The predicted octanol–water partition coefficient (Wildman–Crippen LogP) is 5.19. The molecule has 2 rings (SSSR count). The average Bonchev–Trinajstić information content (AvgIpc) is 2.41. The standard InChI is InChI=1S/C14H9ClF4N2OS/c15-11-5-4-8(16)6-12(11)21-13(23)20-9-2-1-3-10(7-9)22-14(17,18)19/h1-7H,(H2,20,21,23). The lowest BCUT2D eigenvalue weighted by Crippen LogP contribution is -2.20. The van der Waals surface area contributed by atoms with Gasteiger partial charge >= 0.3 is 6.36 Å². The molecule has 0 atom stereocenters. The van der Waals surface area contributed by atoms with Crippen molar-refractivity contribution >= 4 is 40.3 Å². The van der Waals surface area contributed by atoms with Gasteiger partial charge in [0.25, 0.3) is 0 Å². The topological polar surface area (TPSA) is 33.3 Å². The maximum Gasteiger partial charge on any atom is 0.573 e. The molecule has 23 heavy (non-hydrogen) atoms. The first-order valence-corrected chi connectivity index (χ1v) is 6.90. The lowest BCUT2D eigenvalue weighted by atomic mass is 10.3. The van der Waals surface area contributed by atoms with Gasteiger partial charge in [-0.15, -0.1) is 13.2 Å². The number of thiocarbonyl (C=S) groups is 1. The Labute approximate surface area is 139 Å². The Hall–Kier alpha value is -2.06. The predicted molar refractivity (Wildman–Crippen MR) is 84.4 cm³/mol. The minimum absolute atomic E-state index is 0.0293. The molecule has 2 aromatic carbocycles. The molecule has 0 aliphatic rings. The molecule has 0 fully saturated rings. The van der Waals surface area contributed by atoms with Crippen molar-refractivity contribution in [3.05, 3.63) is 53.3 Å². The molecule has 0 saturated heterocycles. The minimum atomic E-state index is -4.79. The normalized spacial score (nSPS) is 11.0. The number of hydrogen-bond donors (Lipinski definition) is 2. The number of halogens is 5. The highest BCUT2D eigenvalue weighted by Gasteiger charge is 2.31. The second-order valence-electron chi connectivity index (χ2n) is 4.28. The number of benzene rings is 2. The number of rotatable bonds is 3. The van der Waals surface area contributed by atoms with E-state index in [4.69, 9.17) is 23.8 Å². The van der Waals surface area contributed by atoms with Crippen LogP contribution < -0.4 is 15.4 Å². The van der Waals surface area contributed by atoms with Gasteiger partial charge in [0.2, 0.25) is 0 Å². The molecule has 0 aromatic heterocycles. The second kappa shape index (κ2) is 7.01. The van der Waals surface area contributed by atoms with E-state index in [0.717, 1.165) is 18.2 Å². The Balaban J connectivity index is 2.05. The molecule has 0 amide bonds. The van der Waals surface area contributed by atoms with E-state index in [9.17, 15) is 17.6 Å². The molecule has 0 saturated carbocycles. The van der Waals surface area contributed by atoms with E-state index in [2.05, 4.69) is 15.4 Å². The van der Waals surface area contributed by atoms with Gasteiger partial charge in [-0.2, -0.15) is 0 Å². The Morgan fingerprint density at radius 1 is 1.09 bits per heavy atom. The number of alkyl halides is 3. The summed E-state index contributed by atoms with van der Waals surface area (Å²) < 4.78 is 53.5. The van der Waals surface area contributed by atoms with Crippen molar-refractivity contribution in [1.82, 2.24) is 0 Å². The quantitative estimate of drug-likeness (QED) is 0.580. The summed E-state index contributed by atoms with van der Waals surface area (Å²) in [5.74, 6) is -0.908. The maximum absolute atomic E-state index is 13.1. The molecule has 0 heterocycles. The van der Waals surface area contributed by atoms with E-state index in [1.54, 1.807) is 0 Å². The molecule has 0 aliphatic heterocycles. The van der Waals surface area contributed by atoms with Crippen LogP contribution in [0, 0.1) is 5.82 Å².